The highest BCUT2D eigenvalue weighted by molar-refractivity contribution is 6.01. The molecular formula is C13H19N2O2+. The van der Waals surface area contributed by atoms with Crippen LogP contribution in [-0.2, 0) is 4.84 Å². The van der Waals surface area contributed by atoms with E-state index in [0.29, 0.717) is 0 Å². The lowest BCUT2D eigenvalue weighted by atomic mass is 10.0. The van der Waals surface area contributed by atoms with E-state index in [1.165, 1.54) is 0 Å². The third kappa shape index (κ3) is 2.97. The predicted molar refractivity (Wildman–Crippen MR) is 66.4 cm³/mol. The molecule has 0 radical (unpaired) electrons. The first kappa shape index (κ1) is 11.9. The Bertz CT molecular complexity index is 387. The summed E-state index contributed by atoms with van der Waals surface area (Å²) >= 11 is 0. The average molecular weight is 235 g/mol. The maximum absolute atomic E-state index is 5.40. The summed E-state index contributed by atoms with van der Waals surface area (Å²) in [5.41, 5.74) is 2.15. The Morgan fingerprint density at radius 2 is 2.18 bits per heavy atom. The lowest BCUT2D eigenvalue weighted by molar-refractivity contribution is -0.657. The zero-order chi connectivity index (χ0) is 12.1. The fraction of sp³-hybridized carbons (Fsp3) is 0.462. The number of hydrogen-bond donors (Lipinski definition) is 1. The van der Waals surface area contributed by atoms with Crippen LogP contribution < -0.4 is 10.1 Å². The van der Waals surface area contributed by atoms with Crippen molar-refractivity contribution in [3.63, 3.8) is 0 Å². The van der Waals surface area contributed by atoms with Crippen molar-refractivity contribution < 1.29 is 14.9 Å². The van der Waals surface area contributed by atoms with Crippen LogP contribution in [0, 0.1) is 0 Å². The van der Waals surface area contributed by atoms with Gasteiger partial charge in [-0.3, -0.25) is 0 Å². The van der Waals surface area contributed by atoms with Crippen molar-refractivity contribution in [3.05, 3.63) is 29.8 Å². The summed E-state index contributed by atoms with van der Waals surface area (Å²) in [5, 5.41) is 6.38. The van der Waals surface area contributed by atoms with Crippen LogP contribution >= 0.6 is 0 Å². The maximum Gasteiger partial charge on any atom is 0.181 e. The molecule has 0 spiro atoms. The zero-order valence-electron chi connectivity index (χ0n) is 10.3. The van der Waals surface area contributed by atoms with Gasteiger partial charge in [-0.2, -0.15) is 0 Å². The summed E-state index contributed by atoms with van der Waals surface area (Å²) in [5.74, 6) is 0.865. The van der Waals surface area contributed by atoms with Crippen LogP contribution in [-0.4, -0.2) is 32.0 Å². The molecule has 92 valence electrons. The lowest BCUT2D eigenvalue weighted by Crippen LogP contribution is -2.85. The molecular weight excluding hydrogens is 216 g/mol. The molecule has 2 rings (SSSR count). The molecule has 0 bridgehead atoms. The van der Waals surface area contributed by atoms with Crippen molar-refractivity contribution in [3.8, 4) is 5.75 Å². The summed E-state index contributed by atoms with van der Waals surface area (Å²) in [6, 6.07) is 7.94. The number of benzene rings is 1. The van der Waals surface area contributed by atoms with Gasteiger partial charge in [-0.15, -0.1) is 0 Å². The predicted octanol–water partition coefficient (Wildman–Crippen LogP) is 0.772. The number of ether oxygens (including phenoxy) is 1. The third-order valence-electron chi connectivity index (χ3n) is 2.87. The molecule has 17 heavy (non-hydrogen) atoms. The Kier molecular flexibility index (Phi) is 3.98. The molecule has 0 aromatic heterocycles. The Balaban J connectivity index is 1.95. The van der Waals surface area contributed by atoms with Crippen LogP contribution in [0.15, 0.2) is 29.4 Å². The van der Waals surface area contributed by atoms with E-state index in [-0.39, 0.29) is 6.10 Å². The molecule has 0 saturated carbocycles. The van der Waals surface area contributed by atoms with Gasteiger partial charge in [0.05, 0.1) is 19.4 Å². The first-order valence-electron chi connectivity index (χ1n) is 6.02. The second-order valence-corrected chi connectivity index (χ2v) is 4.13. The summed E-state index contributed by atoms with van der Waals surface area (Å²) in [6.45, 7) is 4.19. The Hall–Kier alpha value is -1.55. The highest BCUT2D eigenvalue weighted by Gasteiger charge is 2.23. The van der Waals surface area contributed by atoms with Crippen LogP contribution in [0.2, 0.25) is 0 Å². The molecule has 1 aromatic carbocycles. The average Bonchev–Trinajstić information content (AvgIpc) is 2.85. The van der Waals surface area contributed by atoms with E-state index in [1.54, 1.807) is 7.11 Å². The first-order valence-corrected chi connectivity index (χ1v) is 6.02. The Morgan fingerprint density at radius 3 is 2.82 bits per heavy atom. The van der Waals surface area contributed by atoms with Gasteiger partial charge in [-0.05, 0) is 36.8 Å². The minimum Gasteiger partial charge on any atom is -0.497 e. The topological polar surface area (TPSA) is 47.4 Å². The second kappa shape index (κ2) is 5.68. The summed E-state index contributed by atoms with van der Waals surface area (Å²) in [7, 11) is 1.67. The molecule has 0 unspecified atom stereocenters. The molecule has 4 heteroatoms. The molecule has 1 heterocycles. The fourth-order valence-electron chi connectivity index (χ4n) is 1.86. The van der Waals surface area contributed by atoms with Crippen LogP contribution in [0.4, 0.5) is 0 Å². The molecule has 1 aliphatic rings. The third-order valence-corrected chi connectivity index (χ3v) is 2.87. The molecule has 0 amide bonds. The summed E-state index contributed by atoms with van der Waals surface area (Å²) < 4.78 is 5.13. The molecule has 0 saturated heterocycles. The normalized spacial score (nSPS) is 18.7. The second-order valence-electron chi connectivity index (χ2n) is 4.13. The molecule has 0 aliphatic carbocycles. The van der Waals surface area contributed by atoms with Gasteiger partial charge in [0.1, 0.15) is 12.3 Å². The van der Waals surface area contributed by atoms with Gasteiger partial charge in [-0.1, -0.05) is 5.16 Å². The molecule has 0 fully saturated rings. The van der Waals surface area contributed by atoms with Gasteiger partial charge in [0.2, 0.25) is 0 Å². The Morgan fingerprint density at radius 1 is 1.41 bits per heavy atom. The number of likely N-dealkylation sites (N-methyl/N-ethyl adjacent to an activating group) is 1. The van der Waals surface area contributed by atoms with Gasteiger partial charge in [0, 0.05) is 6.42 Å². The van der Waals surface area contributed by atoms with E-state index < -0.39 is 0 Å². The first-order chi connectivity index (χ1) is 8.33. The number of hydrogen-bond acceptors (Lipinski definition) is 3. The number of quaternary nitrogens is 1. The van der Waals surface area contributed by atoms with E-state index >= 15 is 0 Å². The number of methoxy groups -OCH3 is 1. The van der Waals surface area contributed by atoms with E-state index in [4.69, 9.17) is 9.57 Å². The summed E-state index contributed by atoms with van der Waals surface area (Å²) in [6.07, 6.45) is 1.11. The molecule has 1 atom stereocenters. The van der Waals surface area contributed by atoms with Crippen molar-refractivity contribution in [2.24, 2.45) is 5.16 Å². The molecule has 1 aliphatic heterocycles. The number of rotatable bonds is 5. The van der Waals surface area contributed by atoms with Crippen molar-refractivity contribution in [2.45, 2.75) is 19.4 Å². The van der Waals surface area contributed by atoms with E-state index in [2.05, 4.69) is 17.4 Å². The quantitative estimate of drug-likeness (QED) is 0.819. The van der Waals surface area contributed by atoms with Gasteiger partial charge in [0.15, 0.2) is 6.10 Å². The van der Waals surface area contributed by atoms with Crippen molar-refractivity contribution in [1.82, 2.24) is 0 Å². The van der Waals surface area contributed by atoms with Crippen molar-refractivity contribution >= 4 is 5.71 Å². The van der Waals surface area contributed by atoms with Crippen molar-refractivity contribution in [2.75, 3.05) is 20.2 Å². The highest BCUT2D eigenvalue weighted by atomic mass is 16.6. The minimum absolute atomic E-state index is 0.215. The molecule has 1 aromatic rings. The van der Waals surface area contributed by atoms with Gasteiger partial charge in [-0.25, -0.2) is 0 Å². The van der Waals surface area contributed by atoms with Gasteiger partial charge >= 0.3 is 0 Å². The smallest absolute Gasteiger partial charge is 0.181 e. The molecule has 4 nitrogen and oxygen atoms in total. The van der Waals surface area contributed by atoms with Crippen LogP contribution in [0.1, 0.15) is 18.9 Å². The maximum atomic E-state index is 5.40. The fourth-order valence-corrected chi connectivity index (χ4v) is 1.86. The zero-order valence-corrected chi connectivity index (χ0v) is 10.3. The largest absolute Gasteiger partial charge is 0.497 e. The van der Waals surface area contributed by atoms with Crippen LogP contribution in [0.25, 0.3) is 0 Å². The van der Waals surface area contributed by atoms with E-state index in [9.17, 15) is 0 Å². The van der Waals surface area contributed by atoms with E-state index in [1.807, 2.05) is 24.3 Å². The highest BCUT2D eigenvalue weighted by Crippen LogP contribution is 2.18. The monoisotopic (exact) mass is 235 g/mol. The van der Waals surface area contributed by atoms with Crippen LogP contribution in [0.5, 0.6) is 5.75 Å². The standard InChI is InChI=1S/C13H18N2O2/c1-3-14-9-12-8-13(15-17-12)10-4-6-11(16-2)7-5-10/h4-7,12,14H,3,8-9H2,1-2H3/p+1/t12-/m0/s1. The van der Waals surface area contributed by atoms with E-state index in [0.717, 1.165) is 36.5 Å². The number of oxime groups is 1. The number of nitrogens with zero attached hydrogens (tertiary/aromatic N) is 1. The minimum atomic E-state index is 0.215. The van der Waals surface area contributed by atoms with Crippen molar-refractivity contribution in [1.29, 1.82) is 0 Å². The van der Waals surface area contributed by atoms with Gasteiger partial charge in [0.25, 0.3) is 0 Å². The summed E-state index contributed by atoms with van der Waals surface area (Å²) in [4.78, 5) is 5.40. The van der Waals surface area contributed by atoms with Gasteiger partial charge < -0.3 is 14.9 Å². The SMILES string of the molecule is CC[NH2+]C[C@@H]1CC(c2ccc(OC)cc2)=NO1. The molecule has 2 N–H and O–H groups in total. The number of nitrogens with two attached hydrogens (primary N) is 1. The Labute approximate surface area is 102 Å². The lowest BCUT2D eigenvalue weighted by Gasteiger charge is -2.05. The van der Waals surface area contributed by atoms with Crippen LogP contribution in [0.3, 0.4) is 0 Å².